The molecule has 1 saturated heterocycles. The predicted octanol–water partition coefficient (Wildman–Crippen LogP) is 2.53. The highest BCUT2D eigenvalue weighted by Gasteiger charge is 2.10. The molecule has 0 unspecified atom stereocenters. The summed E-state index contributed by atoms with van der Waals surface area (Å²) in [5.74, 6) is -0.325. The second-order valence-electron chi connectivity index (χ2n) is 4.58. The van der Waals surface area contributed by atoms with E-state index in [0.29, 0.717) is 5.75 Å². The summed E-state index contributed by atoms with van der Waals surface area (Å²) in [6, 6.07) is 7.69. The normalized spacial score (nSPS) is 16.1. The van der Waals surface area contributed by atoms with Crippen LogP contribution in [0.25, 0.3) is 0 Å². The number of hydrogen-bond donors (Lipinski definition) is 1. The second-order valence-corrected chi connectivity index (χ2v) is 4.58. The largest absolute Gasteiger partial charge is 0.482 e. The van der Waals surface area contributed by atoms with E-state index in [9.17, 15) is 4.79 Å². The molecule has 1 aromatic rings. The highest BCUT2D eigenvalue weighted by molar-refractivity contribution is 5.68. The lowest BCUT2D eigenvalue weighted by atomic mass is 10.2. The van der Waals surface area contributed by atoms with E-state index in [1.54, 1.807) is 6.07 Å². The van der Waals surface area contributed by atoms with Crippen molar-refractivity contribution in [3.05, 3.63) is 24.3 Å². The van der Waals surface area contributed by atoms with Crippen molar-refractivity contribution in [1.29, 1.82) is 0 Å². The third-order valence-corrected chi connectivity index (χ3v) is 3.15. The number of rotatable bonds is 4. The second kappa shape index (κ2) is 6.28. The van der Waals surface area contributed by atoms with Crippen LogP contribution in [-0.2, 0) is 4.79 Å². The number of hydrogen-bond acceptors (Lipinski definition) is 3. The molecule has 18 heavy (non-hydrogen) atoms. The Kier molecular flexibility index (Phi) is 4.45. The molecule has 2 rings (SSSR count). The first-order chi connectivity index (χ1) is 8.75. The van der Waals surface area contributed by atoms with Gasteiger partial charge in [0.25, 0.3) is 0 Å². The van der Waals surface area contributed by atoms with Gasteiger partial charge in [0.2, 0.25) is 0 Å². The minimum Gasteiger partial charge on any atom is -0.482 e. The molecule has 1 aliphatic rings. The molecular formula is C14H19NO3. The van der Waals surface area contributed by atoms with Crippen molar-refractivity contribution in [2.75, 3.05) is 24.6 Å². The van der Waals surface area contributed by atoms with Crippen LogP contribution in [0.2, 0.25) is 0 Å². The molecule has 1 aromatic carbocycles. The van der Waals surface area contributed by atoms with E-state index in [1.165, 1.54) is 25.7 Å². The van der Waals surface area contributed by atoms with Crippen LogP contribution in [0.5, 0.6) is 5.75 Å². The SMILES string of the molecule is O=C(O)COc1cccc(N2CCCCCC2)c1. The maximum atomic E-state index is 10.5. The Morgan fingerprint density at radius 3 is 2.61 bits per heavy atom. The number of nitrogens with zero attached hydrogens (tertiary/aromatic N) is 1. The summed E-state index contributed by atoms with van der Waals surface area (Å²) >= 11 is 0. The molecule has 4 heteroatoms. The van der Waals surface area contributed by atoms with Crippen molar-refractivity contribution < 1.29 is 14.6 Å². The van der Waals surface area contributed by atoms with Crippen molar-refractivity contribution in [1.82, 2.24) is 0 Å². The van der Waals surface area contributed by atoms with E-state index in [-0.39, 0.29) is 6.61 Å². The van der Waals surface area contributed by atoms with Crippen LogP contribution in [0.1, 0.15) is 25.7 Å². The average molecular weight is 249 g/mol. The van der Waals surface area contributed by atoms with Gasteiger partial charge in [0.15, 0.2) is 6.61 Å². The molecule has 0 aliphatic carbocycles. The summed E-state index contributed by atoms with van der Waals surface area (Å²) in [6.45, 7) is 1.86. The number of carboxylic acid groups (broad SMARTS) is 1. The lowest BCUT2D eigenvalue weighted by molar-refractivity contribution is -0.139. The standard InChI is InChI=1S/C14H19NO3/c16-14(17)11-18-13-7-5-6-12(10-13)15-8-3-1-2-4-9-15/h5-7,10H,1-4,8-9,11H2,(H,16,17). The van der Waals surface area contributed by atoms with Crippen LogP contribution in [-0.4, -0.2) is 30.8 Å². The van der Waals surface area contributed by atoms with Crippen LogP contribution < -0.4 is 9.64 Å². The van der Waals surface area contributed by atoms with Gasteiger partial charge in [0, 0.05) is 24.8 Å². The average Bonchev–Trinajstić information content (AvgIpc) is 2.65. The smallest absolute Gasteiger partial charge is 0.341 e. The molecule has 0 spiro atoms. The van der Waals surface area contributed by atoms with Gasteiger partial charge >= 0.3 is 5.97 Å². The fraction of sp³-hybridized carbons (Fsp3) is 0.500. The lowest BCUT2D eigenvalue weighted by Gasteiger charge is -2.23. The van der Waals surface area contributed by atoms with Gasteiger partial charge in [-0.3, -0.25) is 0 Å². The molecule has 0 saturated carbocycles. The summed E-state index contributed by atoms with van der Waals surface area (Å²) < 4.78 is 5.20. The Morgan fingerprint density at radius 1 is 1.22 bits per heavy atom. The van der Waals surface area contributed by atoms with Gasteiger partial charge in [-0.25, -0.2) is 4.79 Å². The molecule has 98 valence electrons. The van der Waals surface area contributed by atoms with Crippen molar-refractivity contribution in [2.24, 2.45) is 0 Å². The zero-order chi connectivity index (χ0) is 12.8. The summed E-state index contributed by atoms with van der Waals surface area (Å²) in [6.07, 6.45) is 5.04. The van der Waals surface area contributed by atoms with Gasteiger partial charge in [0.05, 0.1) is 0 Å². The summed E-state index contributed by atoms with van der Waals surface area (Å²) in [5.41, 5.74) is 1.12. The van der Waals surface area contributed by atoms with E-state index in [4.69, 9.17) is 9.84 Å². The summed E-state index contributed by atoms with van der Waals surface area (Å²) in [5, 5.41) is 8.59. The van der Waals surface area contributed by atoms with Crippen molar-refractivity contribution in [3.63, 3.8) is 0 Å². The van der Waals surface area contributed by atoms with E-state index in [0.717, 1.165) is 18.8 Å². The third-order valence-electron chi connectivity index (χ3n) is 3.15. The Labute approximate surface area is 107 Å². The number of aliphatic carboxylic acids is 1. The molecule has 1 aliphatic heterocycles. The topological polar surface area (TPSA) is 49.8 Å². The van der Waals surface area contributed by atoms with Crippen LogP contribution in [0.3, 0.4) is 0 Å². The number of carboxylic acids is 1. The summed E-state index contributed by atoms with van der Waals surface area (Å²) in [7, 11) is 0. The highest BCUT2D eigenvalue weighted by atomic mass is 16.5. The Balaban J connectivity index is 2.03. The minimum atomic E-state index is -0.949. The highest BCUT2D eigenvalue weighted by Crippen LogP contribution is 2.23. The Morgan fingerprint density at radius 2 is 1.94 bits per heavy atom. The van der Waals surface area contributed by atoms with Crippen LogP contribution >= 0.6 is 0 Å². The molecule has 1 fully saturated rings. The molecule has 0 amide bonds. The Hall–Kier alpha value is -1.71. The van der Waals surface area contributed by atoms with E-state index in [2.05, 4.69) is 11.0 Å². The fourth-order valence-corrected chi connectivity index (χ4v) is 2.24. The molecule has 4 nitrogen and oxygen atoms in total. The molecule has 0 radical (unpaired) electrons. The lowest BCUT2D eigenvalue weighted by Crippen LogP contribution is -2.23. The Bertz CT molecular complexity index is 398. The minimum absolute atomic E-state index is 0.288. The third kappa shape index (κ3) is 3.65. The molecule has 0 bridgehead atoms. The van der Waals surface area contributed by atoms with Crippen molar-refractivity contribution in [3.8, 4) is 5.75 Å². The zero-order valence-electron chi connectivity index (χ0n) is 10.5. The quantitative estimate of drug-likeness (QED) is 0.890. The predicted molar refractivity (Wildman–Crippen MR) is 70.3 cm³/mol. The maximum Gasteiger partial charge on any atom is 0.341 e. The fourth-order valence-electron chi connectivity index (χ4n) is 2.24. The number of anilines is 1. The molecule has 1 N–H and O–H groups in total. The zero-order valence-corrected chi connectivity index (χ0v) is 10.5. The molecule has 0 atom stereocenters. The first-order valence-corrected chi connectivity index (χ1v) is 6.45. The van der Waals surface area contributed by atoms with Gasteiger partial charge < -0.3 is 14.7 Å². The first kappa shape index (κ1) is 12.7. The molecule has 1 heterocycles. The van der Waals surface area contributed by atoms with E-state index in [1.807, 2.05) is 12.1 Å². The maximum absolute atomic E-state index is 10.5. The van der Waals surface area contributed by atoms with Crippen LogP contribution in [0.4, 0.5) is 5.69 Å². The monoisotopic (exact) mass is 249 g/mol. The number of carbonyl (C=O) groups is 1. The first-order valence-electron chi connectivity index (χ1n) is 6.45. The van der Waals surface area contributed by atoms with Gasteiger partial charge in [-0.15, -0.1) is 0 Å². The van der Waals surface area contributed by atoms with Gasteiger partial charge in [0.1, 0.15) is 5.75 Å². The van der Waals surface area contributed by atoms with Crippen molar-refractivity contribution in [2.45, 2.75) is 25.7 Å². The van der Waals surface area contributed by atoms with Crippen LogP contribution in [0, 0.1) is 0 Å². The van der Waals surface area contributed by atoms with E-state index < -0.39 is 5.97 Å². The van der Waals surface area contributed by atoms with Gasteiger partial charge in [-0.05, 0) is 25.0 Å². The van der Waals surface area contributed by atoms with Gasteiger partial charge in [-0.2, -0.15) is 0 Å². The van der Waals surface area contributed by atoms with E-state index >= 15 is 0 Å². The number of ether oxygens (including phenoxy) is 1. The number of benzene rings is 1. The van der Waals surface area contributed by atoms with Crippen molar-refractivity contribution >= 4 is 11.7 Å². The molecule has 0 aromatic heterocycles. The summed E-state index contributed by atoms with van der Waals surface area (Å²) in [4.78, 5) is 12.8. The molecular weight excluding hydrogens is 230 g/mol. The van der Waals surface area contributed by atoms with Crippen LogP contribution in [0.15, 0.2) is 24.3 Å². The van der Waals surface area contributed by atoms with Gasteiger partial charge in [-0.1, -0.05) is 18.9 Å².